The second-order valence-electron chi connectivity index (χ2n) is 7.15. The minimum atomic E-state index is -0.343. The number of rotatable bonds is 4. The van der Waals surface area contributed by atoms with E-state index in [2.05, 4.69) is 46.4 Å². The van der Waals surface area contributed by atoms with Gasteiger partial charge in [0.05, 0.1) is 5.69 Å². The highest BCUT2D eigenvalue weighted by molar-refractivity contribution is 5.93. The molecule has 6 heteroatoms. The van der Waals surface area contributed by atoms with E-state index in [9.17, 15) is 9.18 Å². The normalized spacial score (nSPS) is 14.0. The van der Waals surface area contributed by atoms with E-state index < -0.39 is 0 Å². The molecule has 0 saturated carbocycles. The van der Waals surface area contributed by atoms with E-state index in [-0.39, 0.29) is 11.7 Å². The molecular formula is C23H23FN4O. The first-order chi connectivity index (χ1) is 14.1. The Morgan fingerprint density at radius 1 is 1.00 bits per heavy atom. The lowest BCUT2D eigenvalue weighted by molar-refractivity contribution is 0.0741. The Balaban J connectivity index is 1.42. The number of piperazine rings is 1. The number of nitrogens with zero attached hydrogens (tertiary/aromatic N) is 3. The zero-order valence-corrected chi connectivity index (χ0v) is 16.3. The molecule has 1 N–H and O–H groups in total. The lowest BCUT2D eigenvalue weighted by Gasteiger charge is -2.36. The summed E-state index contributed by atoms with van der Waals surface area (Å²) in [4.78, 5) is 21.3. The van der Waals surface area contributed by atoms with E-state index in [1.807, 2.05) is 4.90 Å². The monoisotopic (exact) mass is 390 g/mol. The van der Waals surface area contributed by atoms with Crippen molar-refractivity contribution in [3.8, 4) is 0 Å². The Labute approximate surface area is 169 Å². The van der Waals surface area contributed by atoms with Gasteiger partial charge in [-0.1, -0.05) is 24.3 Å². The molecule has 148 valence electrons. The summed E-state index contributed by atoms with van der Waals surface area (Å²) in [5, 5.41) is 3.01. The third kappa shape index (κ3) is 4.37. The SMILES string of the molecule is Cc1cccc(N2CCN(C(=O)c3cc(Nc4ccccc4F)ccn3)CC2)c1. The van der Waals surface area contributed by atoms with Gasteiger partial charge in [-0.3, -0.25) is 9.78 Å². The molecular weight excluding hydrogens is 367 g/mol. The van der Waals surface area contributed by atoms with E-state index in [0.717, 1.165) is 13.1 Å². The summed E-state index contributed by atoms with van der Waals surface area (Å²) in [5.74, 6) is -0.449. The highest BCUT2D eigenvalue weighted by Crippen LogP contribution is 2.21. The molecule has 1 amide bonds. The van der Waals surface area contributed by atoms with Crippen molar-refractivity contribution in [2.75, 3.05) is 36.4 Å². The van der Waals surface area contributed by atoms with Gasteiger partial charge in [0, 0.05) is 43.8 Å². The predicted octanol–water partition coefficient (Wildman–Crippen LogP) is 4.24. The standard InChI is InChI=1S/C23H23FN4O/c1-17-5-4-6-19(15-17)27-11-13-28(14-12-27)23(29)22-16-18(9-10-25-22)26-21-8-3-2-7-20(21)24/h2-10,15-16H,11-14H2,1H3,(H,25,26). The summed E-state index contributed by atoms with van der Waals surface area (Å²) in [5.41, 5.74) is 3.77. The fourth-order valence-electron chi connectivity index (χ4n) is 3.50. The molecule has 0 spiro atoms. The summed E-state index contributed by atoms with van der Waals surface area (Å²) in [6.07, 6.45) is 1.57. The Bertz CT molecular complexity index is 1020. The first-order valence-electron chi connectivity index (χ1n) is 9.69. The minimum absolute atomic E-state index is 0.105. The number of nitrogens with one attached hydrogen (secondary N) is 1. The average Bonchev–Trinajstić information content (AvgIpc) is 2.75. The maximum absolute atomic E-state index is 13.9. The first kappa shape index (κ1) is 18.9. The fraction of sp³-hybridized carbons (Fsp3) is 0.217. The van der Waals surface area contributed by atoms with Crippen molar-refractivity contribution in [1.82, 2.24) is 9.88 Å². The van der Waals surface area contributed by atoms with Crippen LogP contribution in [0, 0.1) is 12.7 Å². The van der Waals surface area contributed by atoms with Crippen LogP contribution in [-0.4, -0.2) is 42.0 Å². The molecule has 5 nitrogen and oxygen atoms in total. The quantitative estimate of drug-likeness (QED) is 0.724. The number of carbonyl (C=O) groups is 1. The molecule has 0 bridgehead atoms. The summed E-state index contributed by atoms with van der Waals surface area (Å²) in [6.45, 7) is 4.92. The average molecular weight is 390 g/mol. The number of anilines is 3. The number of pyridine rings is 1. The second kappa shape index (κ2) is 8.31. The van der Waals surface area contributed by atoms with E-state index in [0.29, 0.717) is 30.2 Å². The molecule has 1 aromatic heterocycles. The molecule has 3 aromatic rings. The zero-order chi connectivity index (χ0) is 20.2. The van der Waals surface area contributed by atoms with Crippen molar-refractivity contribution in [2.45, 2.75) is 6.92 Å². The topological polar surface area (TPSA) is 48.5 Å². The van der Waals surface area contributed by atoms with Crippen LogP contribution in [0.2, 0.25) is 0 Å². The molecule has 1 aliphatic rings. The summed E-state index contributed by atoms with van der Waals surface area (Å²) >= 11 is 0. The molecule has 1 aliphatic heterocycles. The number of hydrogen-bond acceptors (Lipinski definition) is 4. The van der Waals surface area contributed by atoms with Gasteiger partial charge in [0.15, 0.2) is 0 Å². The van der Waals surface area contributed by atoms with Gasteiger partial charge in [-0.15, -0.1) is 0 Å². The summed E-state index contributed by atoms with van der Waals surface area (Å²) in [7, 11) is 0. The number of halogens is 1. The van der Waals surface area contributed by atoms with Crippen molar-refractivity contribution in [1.29, 1.82) is 0 Å². The van der Waals surface area contributed by atoms with Gasteiger partial charge < -0.3 is 15.1 Å². The van der Waals surface area contributed by atoms with E-state index in [1.54, 1.807) is 36.5 Å². The minimum Gasteiger partial charge on any atom is -0.368 e. The van der Waals surface area contributed by atoms with Gasteiger partial charge in [-0.25, -0.2) is 4.39 Å². The van der Waals surface area contributed by atoms with E-state index >= 15 is 0 Å². The highest BCUT2D eigenvalue weighted by Gasteiger charge is 2.23. The van der Waals surface area contributed by atoms with Crippen molar-refractivity contribution in [3.05, 3.63) is 83.9 Å². The maximum Gasteiger partial charge on any atom is 0.272 e. The molecule has 1 saturated heterocycles. The summed E-state index contributed by atoms with van der Waals surface area (Å²) < 4.78 is 13.9. The highest BCUT2D eigenvalue weighted by atomic mass is 19.1. The molecule has 29 heavy (non-hydrogen) atoms. The Hall–Kier alpha value is -3.41. The third-order valence-corrected chi connectivity index (χ3v) is 5.07. The van der Waals surface area contributed by atoms with Crippen LogP contribution >= 0.6 is 0 Å². The zero-order valence-electron chi connectivity index (χ0n) is 16.3. The number of hydrogen-bond donors (Lipinski definition) is 1. The number of benzene rings is 2. The van der Waals surface area contributed by atoms with Crippen LogP contribution in [0.5, 0.6) is 0 Å². The molecule has 2 heterocycles. The lowest BCUT2D eigenvalue weighted by Crippen LogP contribution is -2.49. The van der Waals surface area contributed by atoms with Gasteiger partial charge >= 0.3 is 0 Å². The van der Waals surface area contributed by atoms with Gasteiger partial charge in [-0.2, -0.15) is 0 Å². The Morgan fingerprint density at radius 2 is 1.79 bits per heavy atom. The number of aryl methyl sites for hydroxylation is 1. The van der Waals surface area contributed by atoms with Crippen LogP contribution in [-0.2, 0) is 0 Å². The predicted molar refractivity (Wildman–Crippen MR) is 113 cm³/mol. The lowest BCUT2D eigenvalue weighted by atomic mass is 10.2. The molecule has 0 atom stereocenters. The van der Waals surface area contributed by atoms with Crippen LogP contribution in [0.1, 0.15) is 16.1 Å². The van der Waals surface area contributed by atoms with Gasteiger partial charge in [0.25, 0.3) is 5.91 Å². The number of aromatic nitrogens is 1. The van der Waals surface area contributed by atoms with Crippen molar-refractivity contribution >= 4 is 23.0 Å². The van der Waals surface area contributed by atoms with Crippen molar-refractivity contribution in [3.63, 3.8) is 0 Å². The van der Waals surface area contributed by atoms with Crippen LogP contribution in [0.3, 0.4) is 0 Å². The maximum atomic E-state index is 13.9. The van der Waals surface area contributed by atoms with Crippen LogP contribution in [0.4, 0.5) is 21.5 Å². The van der Waals surface area contributed by atoms with Crippen molar-refractivity contribution in [2.24, 2.45) is 0 Å². The molecule has 0 unspecified atom stereocenters. The van der Waals surface area contributed by atoms with Crippen LogP contribution in [0.15, 0.2) is 66.9 Å². The number of para-hydroxylation sites is 1. The van der Waals surface area contributed by atoms with Crippen LogP contribution < -0.4 is 10.2 Å². The number of carbonyl (C=O) groups excluding carboxylic acids is 1. The molecule has 0 radical (unpaired) electrons. The fourth-order valence-corrected chi connectivity index (χ4v) is 3.50. The Kier molecular flexibility index (Phi) is 5.42. The van der Waals surface area contributed by atoms with Gasteiger partial charge in [0.1, 0.15) is 11.5 Å². The van der Waals surface area contributed by atoms with Gasteiger partial charge in [-0.05, 0) is 48.9 Å². The third-order valence-electron chi connectivity index (χ3n) is 5.07. The smallest absolute Gasteiger partial charge is 0.272 e. The van der Waals surface area contributed by atoms with Gasteiger partial charge in [0.2, 0.25) is 0 Å². The van der Waals surface area contributed by atoms with Crippen LogP contribution in [0.25, 0.3) is 0 Å². The molecule has 1 fully saturated rings. The van der Waals surface area contributed by atoms with E-state index in [4.69, 9.17) is 0 Å². The largest absolute Gasteiger partial charge is 0.368 e. The number of amides is 1. The molecule has 4 rings (SSSR count). The van der Waals surface area contributed by atoms with E-state index in [1.165, 1.54) is 17.3 Å². The Morgan fingerprint density at radius 3 is 2.55 bits per heavy atom. The second-order valence-corrected chi connectivity index (χ2v) is 7.15. The molecule has 0 aliphatic carbocycles. The first-order valence-corrected chi connectivity index (χ1v) is 9.69. The summed E-state index contributed by atoms with van der Waals surface area (Å²) in [6, 6.07) is 18.2. The van der Waals surface area contributed by atoms with Crippen molar-refractivity contribution < 1.29 is 9.18 Å². The molecule has 2 aromatic carbocycles.